The van der Waals surface area contributed by atoms with E-state index in [1.54, 1.807) is 15.4 Å². The predicted octanol–water partition coefficient (Wildman–Crippen LogP) is 7.51. The molecule has 1 saturated heterocycles. The number of amidine groups is 2. The molecule has 5 rings (SSSR count). The second-order valence-electron chi connectivity index (χ2n) is 14.8. The van der Waals surface area contributed by atoms with Gasteiger partial charge in [0.15, 0.2) is 15.5 Å². The molecule has 38 heavy (non-hydrogen) atoms. The van der Waals surface area contributed by atoms with Gasteiger partial charge in [-0.05, 0) is 107 Å². The van der Waals surface area contributed by atoms with Crippen LogP contribution in [-0.4, -0.2) is 66.9 Å². The van der Waals surface area contributed by atoms with Gasteiger partial charge in [-0.25, -0.2) is 0 Å². The fraction of sp³-hybridized carbons (Fsp3) is 0.533. The van der Waals surface area contributed by atoms with Crippen molar-refractivity contribution in [2.24, 2.45) is 0 Å². The SMILES string of the molecule is CC(C)(C)N1C(c2ccccc2)=[N+](C(C)(C)C)[Si]12[P-][Si]1([P-]2)N(C(C)(C)C)C(c2ccccc2)=[N+]1C(C)(C)C. The molecule has 8 heteroatoms. The Morgan fingerprint density at radius 2 is 0.789 bits per heavy atom. The van der Waals surface area contributed by atoms with Crippen LogP contribution in [0.5, 0.6) is 0 Å². The molecule has 2 spiro atoms. The van der Waals surface area contributed by atoms with Gasteiger partial charge < -0.3 is 33.0 Å². The molecule has 0 bridgehead atoms. The zero-order valence-electron chi connectivity index (χ0n) is 25.5. The monoisotopic (exact) mass is 580 g/mol. The molecule has 0 N–H and O–H groups in total. The van der Waals surface area contributed by atoms with E-state index in [0.717, 1.165) is 0 Å². The minimum absolute atomic E-state index is 0.0734. The third kappa shape index (κ3) is 4.04. The highest BCUT2D eigenvalue weighted by molar-refractivity contribution is 8.53. The highest BCUT2D eigenvalue weighted by atomic mass is 32.0. The van der Waals surface area contributed by atoms with Gasteiger partial charge in [-0.3, -0.25) is 0 Å². The Bertz CT molecular complexity index is 1200. The number of hydrogen-bond acceptors (Lipinski definition) is 2. The van der Waals surface area contributed by atoms with Gasteiger partial charge in [0.25, 0.3) is 11.7 Å². The molecule has 0 radical (unpaired) electrons. The van der Waals surface area contributed by atoms with Gasteiger partial charge in [-0.1, -0.05) is 36.4 Å². The molecule has 2 aromatic rings. The van der Waals surface area contributed by atoms with Crippen molar-refractivity contribution in [2.45, 2.75) is 105 Å². The second kappa shape index (κ2) is 8.59. The Balaban J connectivity index is 1.72. The molecule has 3 aliphatic rings. The van der Waals surface area contributed by atoms with Crippen molar-refractivity contribution >= 4 is 42.5 Å². The largest absolute Gasteiger partial charge is 0.404 e. The van der Waals surface area contributed by atoms with Crippen molar-refractivity contribution in [3.8, 4) is 0 Å². The molecule has 0 saturated carbocycles. The fourth-order valence-corrected chi connectivity index (χ4v) is 55.1. The summed E-state index contributed by atoms with van der Waals surface area (Å²) < 4.78 is 11.6. The standard InChI is InChI=1S/C30H46N4P2Si2/c1-27(2,3)31-25(23-19-15-13-16-20-23)32(28(4,5)6)37(31)35-38(36-37)33(29(7,8)9)26(34(38)30(10,11)12)24-21-17-14-18-22-24/h13-22H,1-12H3. The van der Waals surface area contributed by atoms with Gasteiger partial charge in [-0.2, -0.15) is 0 Å². The molecule has 4 nitrogen and oxygen atoms in total. The van der Waals surface area contributed by atoms with E-state index in [1.807, 2.05) is 0 Å². The molecule has 3 heterocycles. The lowest BCUT2D eigenvalue weighted by molar-refractivity contribution is -0.513. The van der Waals surface area contributed by atoms with Crippen molar-refractivity contribution in [1.29, 1.82) is 0 Å². The average molecular weight is 581 g/mol. The smallest absolute Gasteiger partial charge is 0.250 e. The van der Waals surface area contributed by atoms with Gasteiger partial charge in [0.1, 0.15) is 0 Å². The van der Waals surface area contributed by atoms with Gasteiger partial charge in [0.05, 0.1) is 33.3 Å². The summed E-state index contributed by atoms with van der Waals surface area (Å²) in [5.41, 5.74) is 3.00. The van der Waals surface area contributed by atoms with Crippen LogP contribution < -0.4 is 0 Å². The molecule has 0 aromatic heterocycles. The van der Waals surface area contributed by atoms with E-state index in [0.29, 0.717) is 0 Å². The molecule has 2 aromatic carbocycles. The van der Waals surface area contributed by atoms with Gasteiger partial charge in [-0.15, -0.1) is 0 Å². The van der Waals surface area contributed by atoms with Crippen LogP contribution in [0.15, 0.2) is 60.7 Å². The maximum atomic E-state index is 2.91. The van der Waals surface area contributed by atoms with E-state index >= 15 is 0 Å². The van der Waals surface area contributed by atoms with Crippen LogP contribution in [0, 0.1) is 0 Å². The first-order chi connectivity index (χ1) is 17.4. The van der Waals surface area contributed by atoms with E-state index in [9.17, 15) is 0 Å². The summed E-state index contributed by atoms with van der Waals surface area (Å²) in [7, 11) is -0.603. The van der Waals surface area contributed by atoms with Crippen LogP contribution in [0.1, 0.15) is 94.2 Å². The third-order valence-electron chi connectivity index (χ3n) is 7.39. The minimum atomic E-state index is -2.00. The molecule has 3 aliphatic heterocycles. The summed E-state index contributed by atoms with van der Waals surface area (Å²) in [5.74, 6) is 2.88. The van der Waals surface area contributed by atoms with Crippen molar-refractivity contribution in [2.75, 3.05) is 0 Å². The Kier molecular flexibility index (Phi) is 6.37. The van der Waals surface area contributed by atoms with E-state index < -0.39 is 15.5 Å². The molecule has 1 fully saturated rings. The van der Waals surface area contributed by atoms with Gasteiger partial charge in [0, 0.05) is 0 Å². The quantitative estimate of drug-likeness (QED) is 0.269. The maximum Gasteiger partial charge on any atom is 0.250 e. The van der Waals surface area contributed by atoms with E-state index in [-0.39, 0.29) is 22.2 Å². The topological polar surface area (TPSA) is 12.5 Å². The van der Waals surface area contributed by atoms with E-state index in [2.05, 4.69) is 161 Å². The first-order valence-corrected chi connectivity index (χ1v) is 22.8. The van der Waals surface area contributed by atoms with Crippen LogP contribution in [0.25, 0.3) is 0 Å². The highest BCUT2D eigenvalue weighted by Crippen LogP contribution is 2.77. The Morgan fingerprint density at radius 3 is 1.03 bits per heavy atom. The Hall–Kier alpha value is -1.33. The molecule has 0 unspecified atom stereocenters. The first-order valence-electron chi connectivity index (χ1n) is 13.9. The predicted molar refractivity (Wildman–Crippen MR) is 170 cm³/mol. The van der Waals surface area contributed by atoms with Crippen LogP contribution in [0.3, 0.4) is 0 Å². The van der Waals surface area contributed by atoms with Gasteiger partial charge >= 0.3 is 0 Å². The summed E-state index contributed by atoms with van der Waals surface area (Å²) >= 11 is 0. The molecule has 0 aliphatic carbocycles. The summed E-state index contributed by atoms with van der Waals surface area (Å²) in [4.78, 5) is 0. The van der Waals surface area contributed by atoms with E-state index in [4.69, 9.17) is 0 Å². The highest BCUT2D eigenvalue weighted by Gasteiger charge is 2.72. The normalized spacial score (nSPS) is 27.4. The lowest BCUT2D eigenvalue weighted by Gasteiger charge is -2.85. The number of benzene rings is 2. The van der Waals surface area contributed by atoms with Crippen molar-refractivity contribution in [3.05, 3.63) is 71.8 Å². The van der Waals surface area contributed by atoms with Crippen LogP contribution in [0.4, 0.5) is 0 Å². The number of nitrogens with zero attached hydrogens (tertiary/aromatic N) is 4. The van der Waals surface area contributed by atoms with Crippen LogP contribution >= 0.6 is 15.4 Å². The number of hydrogen-bond donors (Lipinski definition) is 0. The van der Waals surface area contributed by atoms with E-state index in [1.165, 1.54) is 22.8 Å². The van der Waals surface area contributed by atoms with Crippen molar-refractivity contribution < 1.29 is 8.48 Å². The zero-order valence-corrected chi connectivity index (χ0v) is 29.2. The Morgan fingerprint density at radius 1 is 0.500 bits per heavy atom. The zero-order chi connectivity index (χ0) is 28.1. The second-order valence-corrected chi connectivity index (χ2v) is 34.4. The molecular formula is C30H46N4P2Si2. The van der Waals surface area contributed by atoms with Crippen molar-refractivity contribution in [1.82, 2.24) is 9.13 Å². The lowest BCUT2D eigenvalue weighted by atomic mass is 10.1. The first kappa shape index (κ1) is 28.2. The summed E-state index contributed by atoms with van der Waals surface area (Å²) in [6.45, 7) is 29.1. The molecule has 204 valence electrons. The fourth-order valence-electron chi connectivity index (χ4n) is 6.45. The Labute approximate surface area is 236 Å². The van der Waals surface area contributed by atoms with Crippen LogP contribution in [0.2, 0.25) is 0 Å². The summed E-state index contributed by atoms with van der Waals surface area (Å²) in [5, 5.41) is 0. The van der Waals surface area contributed by atoms with Crippen molar-refractivity contribution in [3.63, 3.8) is 0 Å². The molecule has 0 amide bonds. The summed E-state index contributed by atoms with van der Waals surface area (Å²) in [6, 6.07) is 22.3. The maximum absolute atomic E-state index is 2.91. The average Bonchev–Trinajstić information content (AvgIpc) is 2.68. The van der Waals surface area contributed by atoms with Crippen LogP contribution in [-0.2, 0) is 0 Å². The molecular weight excluding hydrogens is 534 g/mol. The number of rotatable bonds is 2. The van der Waals surface area contributed by atoms with Gasteiger partial charge in [0.2, 0.25) is 0 Å². The summed E-state index contributed by atoms with van der Waals surface area (Å²) in [6.07, 6.45) is 0. The minimum Gasteiger partial charge on any atom is -0.404 e. The third-order valence-corrected chi connectivity index (χ3v) is 44.5. The lowest BCUT2D eigenvalue weighted by Crippen LogP contribution is -2.91. The molecule has 0 atom stereocenters.